The topological polar surface area (TPSA) is 107 Å². The number of anilines is 1. The molecule has 0 bridgehead atoms. The Labute approximate surface area is 271 Å². The molecule has 1 aliphatic rings. The molecule has 0 aromatic heterocycles. The first kappa shape index (κ1) is 33.8. The van der Waals surface area contributed by atoms with Crippen LogP contribution in [0.25, 0.3) is 11.1 Å². The Morgan fingerprint density at radius 2 is 1.52 bits per heavy atom. The molecule has 46 heavy (non-hydrogen) atoms. The maximum atomic E-state index is 13.9. The number of phenolic OH excluding ortho intramolecular Hbond substituents is 1. The molecule has 242 valence electrons. The van der Waals surface area contributed by atoms with E-state index in [4.69, 9.17) is 4.43 Å². The highest BCUT2D eigenvalue weighted by Gasteiger charge is 2.50. The first-order valence-corrected chi connectivity index (χ1v) is 19.9. The van der Waals surface area contributed by atoms with Crippen LogP contribution >= 0.6 is 7.60 Å². The molecule has 0 radical (unpaired) electrons. The minimum atomic E-state index is -4.37. The molecule has 0 unspecified atom stereocenters. The predicted octanol–water partition coefficient (Wildman–Crippen LogP) is 8.25. The van der Waals surface area contributed by atoms with E-state index in [1.165, 1.54) is 24.3 Å². The molecule has 7 nitrogen and oxygen atoms in total. The second kappa shape index (κ2) is 12.9. The van der Waals surface area contributed by atoms with E-state index in [1.54, 1.807) is 35.2 Å². The minimum absolute atomic E-state index is 0.0209. The molecule has 3 atom stereocenters. The van der Waals surface area contributed by atoms with Crippen LogP contribution in [0.3, 0.4) is 0 Å². The molecule has 1 amide bonds. The Hall–Kier alpha value is -3.59. The van der Waals surface area contributed by atoms with Crippen LogP contribution in [-0.4, -0.2) is 29.1 Å². The van der Waals surface area contributed by atoms with Gasteiger partial charge in [-0.15, -0.1) is 0 Å². The summed E-state index contributed by atoms with van der Waals surface area (Å²) < 4.78 is 32.3. The summed E-state index contributed by atoms with van der Waals surface area (Å²) in [6.45, 7) is 10.9. The zero-order chi connectivity index (χ0) is 33.4. The monoisotopic (exact) mass is 661 g/mol. The Kier molecular flexibility index (Phi) is 9.46. The van der Waals surface area contributed by atoms with Gasteiger partial charge in [0.2, 0.25) is 5.91 Å². The summed E-state index contributed by atoms with van der Waals surface area (Å²) in [4.78, 5) is 34.4. The summed E-state index contributed by atoms with van der Waals surface area (Å²) in [7, 11) is -6.60. The van der Waals surface area contributed by atoms with Crippen molar-refractivity contribution in [2.75, 3.05) is 4.90 Å². The molecule has 4 aromatic carbocycles. The summed E-state index contributed by atoms with van der Waals surface area (Å²) >= 11 is 0. The molecule has 10 heteroatoms. The molecule has 1 fully saturated rings. The van der Waals surface area contributed by atoms with Crippen LogP contribution in [0.5, 0.6) is 5.75 Å². The zero-order valence-electron chi connectivity index (χ0n) is 26.7. The molecule has 0 saturated carbocycles. The van der Waals surface area contributed by atoms with Gasteiger partial charge in [-0.05, 0) is 90.1 Å². The Balaban J connectivity index is 1.45. The van der Waals surface area contributed by atoms with Gasteiger partial charge in [0.25, 0.3) is 0 Å². The van der Waals surface area contributed by atoms with E-state index in [0.29, 0.717) is 29.5 Å². The highest BCUT2D eigenvalue weighted by molar-refractivity contribution is 7.60. The average Bonchev–Trinajstić information content (AvgIpc) is 2.99. The van der Waals surface area contributed by atoms with Crippen molar-refractivity contribution in [1.82, 2.24) is 0 Å². The van der Waals surface area contributed by atoms with Crippen molar-refractivity contribution in [1.29, 1.82) is 0 Å². The average molecular weight is 662 g/mol. The second-order valence-electron chi connectivity index (χ2n) is 13.5. The van der Waals surface area contributed by atoms with Gasteiger partial charge in [-0.2, -0.15) is 0 Å². The van der Waals surface area contributed by atoms with E-state index >= 15 is 0 Å². The van der Waals surface area contributed by atoms with E-state index in [2.05, 4.69) is 33.9 Å². The van der Waals surface area contributed by atoms with Crippen LogP contribution in [0.4, 0.5) is 10.1 Å². The van der Waals surface area contributed by atoms with Crippen LogP contribution < -0.4 is 10.2 Å². The van der Waals surface area contributed by atoms with Crippen LogP contribution in [0.1, 0.15) is 56.9 Å². The normalized spacial score (nSPS) is 17.9. The van der Waals surface area contributed by atoms with Crippen molar-refractivity contribution in [2.45, 2.75) is 63.9 Å². The van der Waals surface area contributed by atoms with Gasteiger partial charge in [0.05, 0.1) is 23.4 Å². The highest BCUT2D eigenvalue weighted by Crippen LogP contribution is 2.50. The first-order valence-electron chi connectivity index (χ1n) is 15.4. The Bertz CT molecular complexity index is 1740. The zero-order valence-corrected chi connectivity index (χ0v) is 28.6. The molecule has 1 saturated heterocycles. The lowest BCUT2D eigenvalue weighted by Crippen LogP contribution is -2.55. The van der Waals surface area contributed by atoms with Gasteiger partial charge >= 0.3 is 7.60 Å². The molecule has 0 aliphatic carbocycles. The fraction of sp³-hybridized carbons (Fsp3) is 0.306. The summed E-state index contributed by atoms with van der Waals surface area (Å²) in [5, 5.41) is 11.2. The van der Waals surface area contributed by atoms with Gasteiger partial charge in [-0.3, -0.25) is 9.36 Å². The first-order chi connectivity index (χ1) is 21.6. The van der Waals surface area contributed by atoms with Crippen molar-refractivity contribution in [2.24, 2.45) is 5.92 Å². The van der Waals surface area contributed by atoms with Gasteiger partial charge in [-0.25, -0.2) is 4.39 Å². The number of benzene rings is 4. The van der Waals surface area contributed by atoms with Crippen molar-refractivity contribution in [3.05, 3.63) is 114 Å². The number of amides is 1. The second-order valence-corrected chi connectivity index (χ2v) is 19.8. The minimum Gasteiger partial charge on any atom is -0.508 e. The number of aromatic hydroxyl groups is 1. The van der Waals surface area contributed by atoms with Crippen LogP contribution in [0.2, 0.25) is 18.1 Å². The van der Waals surface area contributed by atoms with Gasteiger partial charge < -0.3 is 24.2 Å². The third kappa shape index (κ3) is 7.04. The smallest absolute Gasteiger partial charge is 0.356 e. The number of carbonyl (C=O) groups excluding carboxylic acids is 1. The van der Waals surface area contributed by atoms with Crippen LogP contribution in [0, 0.1) is 11.7 Å². The summed E-state index contributed by atoms with van der Waals surface area (Å²) in [6.07, 6.45) is 0.709. The van der Waals surface area contributed by atoms with Crippen LogP contribution in [0.15, 0.2) is 97.1 Å². The SMILES string of the molecule is CC(C)(C)[Si](C)(C)O[C@@H](CC[C@H]1C(=O)N(c2ccccc2)[C@@H]1c1ccc(-c2ccc(P(=O)(O)O)cc2)cc1O)c1ccc(F)cc1. The van der Waals surface area contributed by atoms with E-state index in [9.17, 15) is 28.6 Å². The number of carbonyl (C=O) groups is 1. The number of para-hydroxylation sites is 1. The molecule has 1 aliphatic heterocycles. The Morgan fingerprint density at radius 1 is 0.913 bits per heavy atom. The maximum Gasteiger partial charge on any atom is 0.356 e. The van der Waals surface area contributed by atoms with E-state index < -0.39 is 27.9 Å². The third-order valence-corrected chi connectivity index (χ3v) is 14.8. The lowest BCUT2D eigenvalue weighted by Gasteiger charge is -2.48. The fourth-order valence-electron chi connectivity index (χ4n) is 5.72. The third-order valence-electron chi connectivity index (χ3n) is 9.36. The number of hydrogen-bond donors (Lipinski definition) is 3. The number of phenols is 1. The van der Waals surface area contributed by atoms with Gasteiger partial charge in [0.1, 0.15) is 11.6 Å². The largest absolute Gasteiger partial charge is 0.508 e. The predicted molar refractivity (Wildman–Crippen MR) is 182 cm³/mol. The lowest BCUT2D eigenvalue weighted by atomic mass is 9.77. The molecule has 3 N–H and O–H groups in total. The molecule has 4 aromatic rings. The molecular weight excluding hydrogens is 620 g/mol. The van der Waals surface area contributed by atoms with Crippen LogP contribution in [-0.2, 0) is 13.8 Å². The van der Waals surface area contributed by atoms with Gasteiger partial charge in [-0.1, -0.05) is 75.4 Å². The quantitative estimate of drug-likeness (QED) is 0.0898. The molecule has 0 spiro atoms. The molecular formula is C36H41FNO6PSi. The van der Waals surface area contributed by atoms with Crippen molar-refractivity contribution in [3.8, 4) is 16.9 Å². The maximum absolute atomic E-state index is 13.9. The van der Waals surface area contributed by atoms with E-state index in [-0.39, 0.29) is 33.9 Å². The van der Waals surface area contributed by atoms with Gasteiger partial charge in [0.15, 0.2) is 8.32 Å². The number of rotatable bonds is 10. The lowest BCUT2D eigenvalue weighted by molar-refractivity contribution is -0.131. The highest BCUT2D eigenvalue weighted by atomic mass is 31.2. The van der Waals surface area contributed by atoms with Crippen molar-refractivity contribution < 1.29 is 33.1 Å². The number of halogens is 1. The van der Waals surface area contributed by atoms with Gasteiger partial charge in [0, 0.05) is 11.3 Å². The number of hydrogen-bond acceptors (Lipinski definition) is 4. The number of nitrogens with zero attached hydrogens (tertiary/aromatic N) is 1. The summed E-state index contributed by atoms with van der Waals surface area (Å²) in [5.74, 6) is -0.768. The standard InChI is InChI=1S/C36H41FNO6PSi/c1-36(2,3)46(4,5)44-33(25-11-16-27(37)17-12-25)22-21-31-34(38(35(31)40)28-9-7-6-8-10-28)30-20-15-26(23-32(30)39)24-13-18-29(19-14-24)45(41,42)43/h6-20,23,31,33-34,39H,21-22H2,1-5H3,(H2,41,42,43)/t31-,33+,34-/m1/s1. The summed E-state index contributed by atoms with van der Waals surface area (Å²) in [5.41, 5.74) is 3.56. The van der Waals surface area contributed by atoms with E-state index in [1.807, 2.05) is 42.5 Å². The fourth-order valence-corrected chi connectivity index (χ4v) is 7.57. The van der Waals surface area contributed by atoms with E-state index in [0.717, 1.165) is 11.3 Å². The molecule has 1 heterocycles. The van der Waals surface area contributed by atoms with Crippen molar-refractivity contribution in [3.63, 3.8) is 0 Å². The summed E-state index contributed by atoms with van der Waals surface area (Å²) in [6, 6.07) is 26.5. The van der Waals surface area contributed by atoms with Crippen molar-refractivity contribution >= 4 is 32.8 Å². The molecule has 5 rings (SSSR count). The number of β-lactam (4-membered cyclic amide) rings is 1. The Morgan fingerprint density at radius 3 is 2.09 bits per heavy atom.